The van der Waals surface area contributed by atoms with Gasteiger partial charge in [-0.1, -0.05) is 13.3 Å². The monoisotopic (exact) mass is 237 g/mol. The van der Waals surface area contributed by atoms with Crippen LogP contribution in [0.3, 0.4) is 0 Å². The van der Waals surface area contributed by atoms with Crippen molar-refractivity contribution in [2.75, 3.05) is 19.7 Å². The van der Waals surface area contributed by atoms with Gasteiger partial charge in [0.1, 0.15) is 0 Å². The first kappa shape index (κ1) is 12.2. The second-order valence-electron chi connectivity index (χ2n) is 3.56. The number of ether oxygens (including phenoxy) is 1. The SMILES string of the molecule is CCCCOC(=O)N1CC(F)(C(=O)Cl)C1. The van der Waals surface area contributed by atoms with Crippen molar-refractivity contribution < 1.29 is 18.7 Å². The van der Waals surface area contributed by atoms with Crippen molar-refractivity contribution in [3.05, 3.63) is 0 Å². The van der Waals surface area contributed by atoms with E-state index in [0.717, 1.165) is 17.7 Å². The molecule has 6 heteroatoms. The highest BCUT2D eigenvalue weighted by atomic mass is 35.5. The average molecular weight is 238 g/mol. The van der Waals surface area contributed by atoms with E-state index in [2.05, 4.69) is 0 Å². The number of amides is 1. The standard InChI is InChI=1S/C9H13ClFNO3/c1-2-3-4-15-8(14)12-5-9(11,6-12)7(10)13/h2-6H2,1H3. The zero-order valence-electron chi connectivity index (χ0n) is 8.46. The normalized spacial score (nSPS) is 18.2. The highest BCUT2D eigenvalue weighted by Gasteiger charge is 2.51. The molecule has 0 aromatic carbocycles. The number of carbonyl (C=O) groups excluding carboxylic acids is 2. The summed E-state index contributed by atoms with van der Waals surface area (Å²) >= 11 is 5.02. The fourth-order valence-corrected chi connectivity index (χ4v) is 1.33. The molecule has 0 spiro atoms. The highest BCUT2D eigenvalue weighted by molar-refractivity contribution is 6.65. The molecule has 1 saturated heterocycles. The van der Waals surface area contributed by atoms with Crippen LogP contribution in [0.4, 0.5) is 9.18 Å². The third kappa shape index (κ3) is 2.81. The van der Waals surface area contributed by atoms with E-state index < -0.39 is 17.0 Å². The maximum atomic E-state index is 13.3. The summed E-state index contributed by atoms with van der Waals surface area (Å²) in [5, 5.41) is -1.06. The zero-order chi connectivity index (χ0) is 11.5. The van der Waals surface area contributed by atoms with Gasteiger partial charge < -0.3 is 9.64 Å². The van der Waals surface area contributed by atoms with Gasteiger partial charge in [0.2, 0.25) is 5.67 Å². The zero-order valence-corrected chi connectivity index (χ0v) is 9.22. The third-order valence-electron chi connectivity index (χ3n) is 2.22. The molecule has 1 aliphatic heterocycles. The third-order valence-corrected chi connectivity index (χ3v) is 2.56. The number of likely N-dealkylation sites (tertiary alicyclic amines) is 1. The van der Waals surface area contributed by atoms with Crippen molar-refractivity contribution in [1.82, 2.24) is 4.90 Å². The van der Waals surface area contributed by atoms with Gasteiger partial charge in [0, 0.05) is 0 Å². The number of alkyl halides is 1. The predicted molar refractivity (Wildman–Crippen MR) is 52.5 cm³/mol. The van der Waals surface area contributed by atoms with Gasteiger partial charge >= 0.3 is 6.09 Å². The second kappa shape index (κ2) is 4.79. The molecule has 0 aliphatic carbocycles. The van der Waals surface area contributed by atoms with Crippen molar-refractivity contribution in [1.29, 1.82) is 0 Å². The van der Waals surface area contributed by atoms with Gasteiger partial charge in [0.05, 0.1) is 19.7 Å². The van der Waals surface area contributed by atoms with E-state index in [-0.39, 0.29) is 13.1 Å². The Labute approximate surface area is 92.3 Å². The summed E-state index contributed by atoms with van der Waals surface area (Å²) in [6.45, 7) is 1.68. The van der Waals surface area contributed by atoms with Crippen LogP contribution < -0.4 is 0 Å². The number of hydrogen-bond donors (Lipinski definition) is 0. The first-order valence-corrected chi connectivity index (χ1v) is 5.18. The van der Waals surface area contributed by atoms with Gasteiger partial charge in [-0.15, -0.1) is 0 Å². The maximum absolute atomic E-state index is 13.3. The molecule has 1 amide bonds. The van der Waals surface area contributed by atoms with Crippen LogP contribution in [-0.2, 0) is 9.53 Å². The molecule has 0 unspecified atom stereocenters. The molecule has 4 nitrogen and oxygen atoms in total. The molecule has 1 fully saturated rings. The molecule has 0 saturated carbocycles. The number of carbonyl (C=O) groups is 2. The van der Waals surface area contributed by atoms with E-state index in [1.165, 1.54) is 0 Å². The van der Waals surface area contributed by atoms with E-state index in [0.29, 0.717) is 6.61 Å². The van der Waals surface area contributed by atoms with Gasteiger partial charge in [-0.05, 0) is 18.0 Å². The highest BCUT2D eigenvalue weighted by Crippen LogP contribution is 2.28. The van der Waals surface area contributed by atoms with Crippen LogP contribution >= 0.6 is 11.6 Å². The lowest BCUT2D eigenvalue weighted by molar-refractivity contribution is -0.131. The summed E-state index contributed by atoms with van der Waals surface area (Å²) in [7, 11) is 0. The van der Waals surface area contributed by atoms with Gasteiger partial charge in [0.15, 0.2) is 0 Å². The summed E-state index contributed by atoms with van der Waals surface area (Å²) in [4.78, 5) is 22.9. The number of halogens is 2. The molecule has 0 N–H and O–H groups in total. The molecule has 1 heterocycles. The van der Waals surface area contributed by atoms with Crippen LogP contribution in [0, 0.1) is 0 Å². The summed E-state index contributed by atoms with van der Waals surface area (Å²) in [6.07, 6.45) is 1.10. The molecular weight excluding hydrogens is 225 g/mol. The number of nitrogens with zero attached hydrogens (tertiary/aromatic N) is 1. The lowest BCUT2D eigenvalue weighted by Gasteiger charge is -2.40. The lowest BCUT2D eigenvalue weighted by atomic mass is 9.99. The van der Waals surface area contributed by atoms with Crippen molar-refractivity contribution in [2.24, 2.45) is 0 Å². The van der Waals surface area contributed by atoms with Crippen LogP contribution in [0.2, 0.25) is 0 Å². The first-order chi connectivity index (χ1) is 6.99. The summed E-state index contributed by atoms with van der Waals surface area (Å²) in [5.41, 5.74) is -2.08. The van der Waals surface area contributed by atoms with Crippen LogP contribution in [0.5, 0.6) is 0 Å². The minimum Gasteiger partial charge on any atom is -0.449 e. The van der Waals surface area contributed by atoms with Crippen molar-refractivity contribution in [2.45, 2.75) is 25.4 Å². The Hall–Kier alpha value is -0.840. The van der Waals surface area contributed by atoms with Crippen LogP contribution in [0.25, 0.3) is 0 Å². The number of unbranched alkanes of at least 4 members (excludes halogenated alkanes) is 1. The largest absolute Gasteiger partial charge is 0.449 e. The Morgan fingerprint density at radius 2 is 2.13 bits per heavy atom. The molecule has 0 atom stereocenters. The van der Waals surface area contributed by atoms with E-state index in [9.17, 15) is 14.0 Å². The molecule has 0 aromatic heterocycles. The predicted octanol–water partition coefficient (Wildman–Crippen LogP) is 1.71. The van der Waals surface area contributed by atoms with E-state index in [1.54, 1.807) is 0 Å². The first-order valence-electron chi connectivity index (χ1n) is 4.80. The summed E-state index contributed by atoms with van der Waals surface area (Å²) < 4.78 is 18.1. The van der Waals surface area contributed by atoms with Crippen molar-refractivity contribution >= 4 is 22.9 Å². The molecule has 15 heavy (non-hydrogen) atoms. The Bertz CT molecular complexity index is 266. The van der Waals surface area contributed by atoms with Gasteiger partial charge in [-0.2, -0.15) is 0 Å². The molecule has 0 aromatic rings. The molecule has 0 radical (unpaired) electrons. The Balaban J connectivity index is 2.26. The van der Waals surface area contributed by atoms with Gasteiger partial charge in [-0.3, -0.25) is 4.79 Å². The van der Waals surface area contributed by atoms with Gasteiger partial charge in [-0.25, -0.2) is 9.18 Å². The second-order valence-corrected chi connectivity index (χ2v) is 3.91. The minimum atomic E-state index is -2.08. The average Bonchev–Trinajstić information content (AvgIpc) is 2.12. The van der Waals surface area contributed by atoms with E-state index >= 15 is 0 Å². The topological polar surface area (TPSA) is 46.6 Å². The fourth-order valence-electron chi connectivity index (χ4n) is 1.21. The smallest absolute Gasteiger partial charge is 0.410 e. The van der Waals surface area contributed by atoms with Crippen LogP contribution in [-0.4, -0.2) is 41.6 Å². The summed E-state index contributed by atoms with van der Waals surface area (Å²) in [6, 6.07) is 0. The lowest BCUT2D eigenvalue weighted by Crippen LogP contribution is -2.63. The maximum Gasteiger partial charge on any atom is 0.410 e. The van der Waals surface area contributed by atoms with Crippen LogP contribution in [0.15, 0.2) is 0 Å². The molecular formula is C9H13ClFNO3. The summed E-state index contributed by atoms with van der Waals surface area (Å²) in [5.74, 6) is 0. The Kier molecular flexibility index (Phi) is 3.90. The van der Waals surface area contributed by atoms with Crippen molar-refractivity contribution in [3.63, 3.8) is 0 Å². The minimum absolute atomic E-state index is 0.305. The molecule has 0 bridgehead atoms. The van der Waals surface area contributed by atoms with Crippen molar-refractivity contribution in [3.8, 4) is 0 Å². The fraction of sp³-hybridized carbons (Fsp3) is 0.778. The van der Waals surface area contributed by atoms with E-state index in [1.807, 2.05) is 6.92 Å². The number of rotatable bonds is 4. The van der Waals surface area contributed by atoms with E-state index in [4.69, 9.17) is 16.3 Å². The molecule has 1 rings (SSSR count). The molecule has 86 valence electrons. The molecule has 1 aliphatic rings. The number of hydrogen-bond acceptors (Lipinski definition) is 3. The quantitative estimate of drug-likeness (QED) is 0.552. The van der Waals surface area contributed by atoms with Gasteiger partial charge in [0.25, 0.3) is 5.24 Å². The Morgan fingerprint density at radius 1 is 1.53 bits per heavy atom. The Morgan fingerprint density at radius 3 is 2.60 bits per heavy atom. The van der Waals surface area contributed by atoms with Crippen LogP contribution in [0.1, 0.15) is 19.8 Å².